The molecule has 1 atom stereocenters. The number of ether oxygens (including phenoxy) is 2. The molecule has 1 rings (SSSR count). The van der Waals surface area contributed by atoms with Crippen molar-refractivity contribution in [3.63, 3.8) is 0 Å². The molecule has 0 aliphatic carbocycles. The minimum absolute atomic E-state index is 0.0371. The van der Waals surface area contributed by atoms with Crippen LogP contribution in [0.4, 0.5) is 0 Å². The van der Waals surface area contributed by atoms with E-state index in [-0.39, 0.29) is 5.60 Å². The molecule has 0 fully saturated rings. The van der Waals surface area contributed by atoms with E-state index in [2.05, 4.69) is 59.8 Å². The zero-order valence-electron chi connectivity index (χ0n) is 12.0. The van der Waals surface area contributed by atoms with Gasteiger partial charge in [-0.1, -0.05) is 52.9 Å². The summed E-state index contributed by atoms with van der Waals surface area (Å²) in [6.45, 7) is 3.78. The van der Waals surface area contributed by atoms with E-state index in [1.54, 1.807) is 7.11 Å². The predicted octanol–water partition coefficient (Wildman–Crippen LogP) is 4.26. The van der Waals surface area contributed by atoms with Crippen LogP contribution < -0.4 is 0 Å². The van der Waals surface area contributed by atoms with E-state index in [4.69, 9.17) is 9.47 Å². The maximum atomic E-state index is 5.69. The lowest BCUT2D eigenvalue weighted by atomic mass is 10.1. The maximum absolute atomic E-state index is 5.69. The molecule has 0 N–H and O–H groups in total. The number of aryl methyl sites for hydroxylation is 1. The van der Waals surface area contributed by atoms with Gasteiger partial charge >= 0.3 is 0 Å². The molecule has 19 heavy (non-hydrogen) atoms. The van der Waals surface area contributed by atoms with Crippen LogP contribution in [0.15, 0.2) is 30.3 Å². The van der Waals surface area contributed by atoms with Gasteiger partial charge < -0.3 is 9.47 Å². The van der Waals surface area contributed by atoms with E-state index < -0.39 is 0 Å². The van der Waals surface area contributed by atoms with Crippen LogP contribution in [0.3, 0.4) is 0 Å². The van der Waals surface area contributed by atoms with Crippen LogP contribution >= 0.6 is 22.6 Å². The van der Waals surface area contributed by atoms with Gasteiger partial charge in [0.25, 0.3) is 0 Å². The lowest BCUT2D eigenvalue weighted by Crippen LogP contribution is -2.30. The van der Waals surface area contributed by atoms with E-state index >= 15 is 0 Å². The fraction of sp³-hybridized carbons (Fsp3) is 0.625. The summed E-state index contributed by atoms with van der Waals surface area (Å²) < 4.78 is 12.2. The third kappa shape index (κ3) is 7.28. The SMILES string of the molecule is COC(C)(CI)CCOCCCCc1ccccc1. The Hall–Kier alpha value is -0.130. The highest BCUT2D eigenvalue weighted by Gasteiger charge is 2.21. The van der Waals surface area contributed by atoms with E-state index in [0.717, 1.165) is 36.9 Å². The highest BCUT2D eigenvalue weighted by Crippen LogP contribution is 2.17. The van der Waals surface area contributed by atoms with Crippen molar-refractivity contribution in [2.45, 2.75) is 38.2 Å². The predicted molar refractivity (Wildman–Crippen MR) is 89.1 cm³/mol. The highest BCUT2D eigenvalue weighted by molar-refractivity contribution is 14.1. The Labute approximate surface area is 131 Å². The van der Waals surface area contributed by atoms with Crippen LogP contribution in [0.2, 0.25) is 0 Å². The number of hydrogen-bond acceptors (Lipinski definition) is 2. The van der Waals surface area contributed by atoms with Gasteiger partial charge in [0.05, 0.1) is 5.60 Å². The third-order valence-electron chi connectivity index (χ3n) is 3.40. The van der Waals surface area contributed by atoms with Gasteiger partial charge in [0.2, 0.25) is 0 Å². The molecule has 108 valence electrons. The van der Waals surface area contributed by atoms with Crippen molar-refractivity contribution in [2.24, 2.45) is 0 Å². The second-order valence-corrected chi connectivity index (χ2v) is 5.86. The first-order valence-electron chi connectivity index (χ1n) is 6.93. The quantitative estimate of drug-likeness (QED) is 0.345. The van der Waals surface area contributed by atoms with Gasteiger partial charge in [-0.2, -0.15) is 0 Å². The normalized spacial score (nSPS) is 14.3. The monoisotopic (exact) mass is 376 g/mol. The number of alkyl halides is 1. The number of methoxy groups -OCH3 is 1. The highest BCUT2D eigenvalue weighted by atomic mass is 127. The van der Waals surface area contributed by atoms with Crippen molar-refractivity contribution in [1.82, 2.24) is 0 Å². The van der Waals surface area contributed by atoms with Gasteiger partial charge in [0.1, 0.15) is 0 Å². The van der Waals surface area contributed by atoms with Crippen LogP contribution in [-0.2, 0) is 15.9 Å². The molecule has 1 aromatic carbocycles. The molecule has 3 heteroatoms. The number of rotatable bonds is 10. The van der Waals surface area contributed by atoms with E-state index in [9.17, 15) is 0 Å². The average Bonchev–Trinajstić information content (AvgIpc) is 2.47. The zero-order valence-corrected chi connectivity index (χ0v) is 14.2. The van der Waals surface area contributed by atoms with Crippen molar-refractivity contribution in [3.05, 3.63) is 35.9 Å². The fourth-order valence-electron chi connectivity index (χ4n) is 1.79. The Morgan fingerprint density at radius 1 is 1.11 bits per heavy atom. The Morgan fingerprint density at radius 3 is 2.47 bits per heavy atom. The summed E-state index contributed by atoms with van der Waals surface area (Å²) in [6.07, 6.45) is 4.43. The Morgan fingerprint density at radius 2 is 1.84 bits per heavy atom. The molecule has 0 spiro atoms. The van der Waals surface area contributed by atoms with Crippen LogP contribution in [0.5, 0.6) is 0 Å². The smallest absolute Gasteiger partial charge is 0.0761 e. The molecular weight excluding hydrogens is 351 g/mol. The Balaban J connectivity index is 2.00. The summed E-state index contributed by atoms with van der Waals surface area (Å²) in [7, 11) is 1.78. The standard InChI is InChI=1S/C16H25IO2/c1-16(14-17,18-2)11-13-19-12-7-6-10-15-8-4-3-5-9-15/h3-5,8-9H,6-7,10-14H2,1-2H3. The third-order valence-corrected chi connectivity index (χ3v) is 5.01. The van der Waals surface area contributed by atoms with Crippen molar-refractivity contribution >= 4 is 22.6 Å². The molecule has 0 bridgehead atoms. The number of hydrogen-bond donors (Lipinski definition) is 0. The van der Waals surface area contributed by atoms with Gasteiger partial charge in [-0.3, -0.25) is 0 Å². The molecular formula is C16H25IO2. The van der Waals surface area contributed by atoms with Crippen molar-refractivity contribution in [2.75, 3.05) is 24.8 Å². The molecule has 0 amide bonds. The van der Waals surface area contributed by atoms with Crippen LogP contribution in [0.1, 0.15) is 31.7 Å². The summed E-state index contributed by atoms with van der Waals surface area (Å²) in [5.74, 6) is 0. The molecule has 0 aliphatic heterocycles. The lowest BCUT2D eigenvalue weighted by Gasteiger charge is -2.25. The topological polar surface area (TPSA) is 18.5 Å². The van der Waals surface area contributed by atoms with E-state index in [1.165, 1.54) is 12.0 Å². The summed E-state index contributed by atoms with van der Waals surface area (Å²) in [5.41, 5.74) is 1.38. The van der Waals surface area contributed by atoms with Gasteiger partial charge in [-0.05, 0) is 31.7 Å². The largest absolute Gasteiger partial charge is 0.381 e. The molecule has 1 aromatic rings. The molecule has 0 heterocycles. The zero-order chi connectivity index (χ0) is 14.0. The van der Waals surface area contributed by atoms with Gasteiger partial charge in [-0.15, -0.1) is 0 Å². The second kappa shape index (κ2) is 9.72. The summed E-state index contributed by atoms with van der Waals surface area (Å²) in [6, 6.07) is 10.6. The number of halogens is 1. The number of benzene rings is 1. The Kier molecular flexibility index (Phi) is 8.66. The Bertz CT molecular complexity index is 323. The molecule has 0 saturated heterocycles. The first-order chi connectivity index (χ1) is 9.20. The van der Waals surface area contributed by atoms with Gasteiger partial charge in [0, 0.05) is 31.2 Å². The maximum Gasteiger partial charge on any atom is 0.0761 e. The molecule has 0 aromatic heterocycles. The van der Waals surface area contributed by atoms with Gasteiger partial charge in [-0.25, -0.2) is 0 Å². The summed E-state index contributed by atoms with van der Waals surface area (Å²) in [5, 5.41) is 0. The van der Waals surface area contributed by atoms with Crippen molar-refractivity contribution in [3.8, 4) is 0 Å². The number of unbranched alkanes of at least 4 members (excludes halogenated alkanes) is 1. The summed E-state index contributed by atoms with van der Waals surface area (Å²) in [4.78, 5) is 0. The van der Waals surface area contributed by atoms with Crippen molar-refractivity contribution < 1.29 is 9.47 Å². The molecule has 0 radical (unpaired) electrons. The second-order valence-electron chi connectivity index (χ2n) is 5.09. The minimum Gasteiger partial charge on any atom is -0.381 e. The molecule has 1 unspecified atom stereocenters. The average molecular weight is 376 g/mol. The van der Waals surface area contributed by atoms with Crippen LogP contribution in [0.25, 0.3) is 0 Å². The fourth-order valence-corrected chi connectivity index (χ4v) is 2.48. The van der Waals surface area contributed by atoms with Crippen LogP contribution in [0, 0.1) is 0 Å². The minimum atomic E-state index is -0.0371. The van der Waals surface area contributed by atoms with E-state index in [0.29, 0.717) is 0 Å². The van der Waals surface area contributed by atoms with Crippen molar-refractivity contribution in [1.29, 1.82) is 0 Å². The van der Waals surface area contributed by atoms with E-state index in [1.807, 2.05) is 0 Å². The first kappa shape index (κ1) is 16.9. The van der Waals surface area contributed by atoms with Gasteiger partial charge in [0.15, 0.2) is 0 Å². The first-order valence-corrected chi connectivity index (χ1v) is 8.45. The molecule has 0 saturated carbocycles. The molecule has 2 nitrogen and oxygen atoms in total. The lowest BCUT2D eigenvalue weighted by molar-refractivity contribution is -0.00447. The molecule has 0 aliphatic rings. The van der Waals surface area contributed by atoms with Crippen LogP contribution in [-0.4, -0.2) is 30.4 Å². The summed E-state index contributed by atoms with van der Waals surface area (Å²) >= 11 is 2.37.